The highest BCUT2D eigenvalue weighted by Gasteiger charge is 2.22. The van der Waals surface area contributed by atoms with Crippen molar-refractivity contribution in [1.29, 1.82) is 0 Å². The summed E-state index contributed by atoms with van der Waals surface area (Å²) in [5, 5.41) is 3.71. The van der Waals surface area contributed by atoms with E-state index in [0.29, 0.717) is 10.8 Å². The van der Waals surface area contributed by atoms with Crippen molar-refractivity contribution in [2.24, 2.45) is 0 Å². The molecule has 1 fully saturated rings. The van der Waals surface area contributed by atoms with Crippen LogP contribution in [0.2, 0.25) is 5.02 Å². The minimum absolute atomic E-state index is 0.0606. The van der Waals surface area contributed by atoms with Gasteiger partial charge in [0, 0.05) is 11.1 Å². The van der Waals surface area contributed by atoms with Gasteiger partial charge >= 0.3 is 0 Å². The van der Waals surface area contributed by atoms with Crippen LogP contribution in [0, 0.1) is 0 Å². The topological polar surface area (TPSA) is 41.6 Å². The minimum atomic E-state index is -0.504. The minimum Gasteiger partial charge on any atom is -0.481 e. The van der Waals surface area contributed by atoms with Gasteiger partial charge in [-0.25, -0.2) is 0 Å². The number of hydrogen-bond donors (Lipinski definition) is 1. The average molecular weight is 297 g/mol. The molecule has 2 rings (SSSR count). The zero-order chi connectivity index (χ0) is 14.5. The lowest BCUT2D eigenvalue weighted by Crippen LogP contribution is -2.47. The molecule has 1 atom stereocenters. The predicted octanol–water partition coefficient (Wildman–Crippen LogP) is 2.32. The summed E-state index contributed by atoms with van der Waals surface area (Å²) in [4.78, 5) is 14.4. The molecule has 0 spiro atoms. The van der Waals surface area contributed by atoms with Gasteiger partial charge in [0.25, 0.3) is 5.91 Å². The fourth-order valence-electron chi connectivity index (χ4n) is 2.24. The van der Waals surface area contributed by atoms with E-state index in [-0.39, 0.29) is 11.9 Å². The number of benzene rings is 1. The number of piperidine rings is 1. The number of amides is 1. The summed E-state index contributed by atoms with van der Waals surface area (Å²) in [5.74, 6) is 0.593. The zero-order valence-corrected chi connectivity index (χ0v) is 12.7. The second kappa shape index (κ2) is 6.95. The fraction of sp³-hybridized carbons (Fsp3) is 0.533. The number of rotatable bonds is 4. The largest absolute Gasteiger partial charge is 0.481 e. The summed E-state index contributed by atoms with van der Waals surface area (Å²) in [6.45, 7) is 3.81. The van der Waals surface area contributed by atoms with Crippen LogP contribution < -0.4 is 10.1 Å². The molecule has 0 radical (unpaired) electrons. The van der Waals surface area contributed by atoms with E-state index in [0.717, 1.165) is 25.9 Å². The Morgan fingerprint density at radius 1 is 1.35 bits per heavy atom. The van der Waals surface area contributed by atoms with E-state index in [9.17, 15) is 4.79 Å². The summed E-state index contributed by atoms with van der Waals surface area (Å²) >= 11 is 5.81. The van der Waals surface area contributed by atoms with E-state index < -0.39 is 6.10 Å². The Morgan fingerprint density at radius 3 is 2.55 bits per heavy atom. The molecule has 0 unspecified atom stereocenters. The number of carbonyl (C=O) groups excluding carboxylic acids is 1. The van der Waals surface area contributed by atoms with Gasteiger partial charge in [-0.2, -0.15) is 0 Å². The van der Waals surface area contributed by atoms with Crippen molar-refractivity contribution < 1.29 is 9.53 Å². The smallest absolute Gasteiger partial charge is 0.260 e. The van der Waals surface area contributed by atoms with Crippen LogP contribution in [-0.4, -0.2) is 43.1 Å². The molecule has 1 aliphatic rings. The van der Waals surface area contributed by atoms with Gasteiger partial charge in [0.05, 0.1) is 0 Å². The third kappa shape index (κ3) is 4.39. The van der Waals surface area contributed by atoms with Crippen molar-refractivity contribution in [3.05, 3.63) is 29.3 Å². The van der Waals surface area contributed by atoms with Crippen molar-refractivity contribution in [2.75, 3.05) is 20.1 Å². The first-order valence-electron chi connectivity index (χ1n) is 6.96. The van der Waals surface area contributed by atoms with E-state index in [4.69, 9.17) is 16.3 Å². The lowest BCUT2D eigenvalue weighted by molar-refractivity contribution is -0.128. The second-order valence-electron chi connectivity index (χ2n) is 5.30. The summed E-state index contributed by atoms with van der Waals surface area (Å²) < 4.78 is 5.61. The molecule has 1 aromatic carbocycles. The van der Waals surface area contributed by atoms with Gasteiger partial charge in [0.1, 0.15) is 5.75 Å². The van der Waals surface area contributed by atoms with Crippen molar-refractivity contribution >= 4 is 17.5 Å². The molecule has 5 heteroatoms. The van der Waals surface area contributed by atoms with Crippen LogP contribution in [0.3, 0.4) is 0 Å². The zero-order valence-electron chi connectivity index (χ0n) is 11.9. The SMILES string of the molecule is C[C@@H](Oc1ccc(Cl)cc1)C(=O)NC1CCN(C)CC1. The van der Waals surface area contributed by atoms with Crippen molar-refractivity contribution in [3.8, 4) is 5.75 Å². The Labute approximate surface area is 125 Å². The number of nitrogens with zero attached hydrogens (tertiary/aromatic N) is 1. The monoisotopic (exact) mass is 296 g/mol. The maximum atomic E-state index is 12.1. The van der Waals surface area contributed by atoms with Gasteiger partial charge in [-0.05, 0) is 64.2 Å². The van der Waals surface area contributed by atoms with E-state index in [1.54, 1.807) is 31.2 Å². The lowest BCUT2D eigenvalue weighted by Gasteiger charge is -2.30. The summed E-state index contributed by atoms with van der Waals surface area (Å²) in [5.41, 5.74) is 0. The van der Waals surface area contributed by atoms with Gasteiger partial charge in [0.15, 0.2) is 6.10 Å². The van der Waals surface area contributed by atoms with Gasteiger partial charge in [0.2, 0.25) is 0 Å². The van der Waals surface area contributed by atoms with Gasteiger partial charge in [-0.1, -0.05) is 11.6 Å². The van der Waals surface area contributed by atoms with E-state index in [1.165, 1.54) is 0 Å². The molecule has 20 heavy (non-hydrogen) atoms. The highest BCUT2D eigenvalue weighted by Crippen LogP contribution is 2.17. The summed E-state index contributed by atoms with van der Waals surface area (Å²) in [6, 6.07) is 7.29. The molecule has 1 saturated heterocycles. The van der Waals surface area contributed by atoms with Crippen LogP contribution in [0.1, 0.15) is 19.8 Å². The Hall–Kier alpha value is -1.26. The first kappa shape index (κ1) is 15.1. The Morgan fingerprint density at radius 2 is 1.95 bits per heavy atom. The van der Waals surface area contributed by atoms with Crippen molar-refractivity contribution in [1.82, 2.24) is 10.2 Å². The molecule has 1 aromatic rings. The van der Waals surface area contributed by atoms with Crippen LogP contribution in [0.15, 0.2) is 24.3 Å². The van der Waals surface area contributed by atoms with Crippen LogP contribution in [0.5, 0.6) is 5.75 Å². The van der Waals surface area contributed by atoms with Gasteiger partial charge in [-0.3, -0.25) is 4.79 Å². The molecule has 1 amide bonds. The lowest BCUT2D eigenvalue weighted by atomic mass is 10.1. The maximum Gasteiger partial charge on any atom is 0.260 e. The highest BCUT2D eigenvalue weighted by atomic mass is 35.5. The van der Waals surface area contributed by atoms with Crippen molar-refractivity contribution in [3.63, 3.8) is 0 Å². The molecule has 0 aromatic heterocycles. The third-order valence-electron chi connectivity index (χ3n) is 3.56. The van der Waals surface area contributed by atoms with Crippen LogP contribution in [0.25, 0.3) is 0 Å². The number of nitrogens with one attached hydrogen (secondary N) is 1. The molecule has 1 N–H and O–H groups in total. The normalized spacial score (nSPS) is 18.6. The standard InChI is InChI=1S/C15H21ClN2O2/c1-11(20-14-5-3-12(16)4-6-14)15(19)17-13-7-9-18(2)10-8-13/h3-6,11,13H,7-10H2,1-2H3,(H,17,19)/t11-/m1/s1. The molecule has 1 aliphatic heterocycles. The maximum absolute atomic E-state index is 12.1. The molecule has 0 bridgehead atoms. The van der Waals surface area contributed by atoms with E-state index in [1.807, 2.05) is 0 Å². The Balaban J connectivity index is 1.81. The number of likely N-dealkylation sites (tertiary alicyclic amines) is 1. The van der Waals surface area contributed by atoms with E-state index in [2.05, 4.69) is 17.3 Å². The Kier molecular flexibility index (Phi) is 5.26. The molecular weight excluding hydrogens is 276 g/mol. The molecule has 1 heterocycles. The third-order valence-corrected chi connectivity index (χ3v) is 3.81. The van der Waals surface area contributed by atoms with Crippen molar-refractivity contribution in [2.45, 2.75) is 31.9 Å². The van der Waals surface area contributed by atoms with Gasteiger partial charge < -0.3 is 15.0 Å². The van der Waals surface area contributed by atoms with Crippen LogP contribution in [0.4, 0.5) is 0 Å². The van der Waals surface area contributed by atoms with Gasteiger partial charge in [-0.15, -0.1) is 0 Å². The van der Waals surface area contributed by atoms with E-state index >= 15 is 0 Å². The number of carbonyl (C=O) groups is 1. The molecule has 4 nitrogen and oxygen atoms in total. The number of halogens is 1. The van der Waals surface area contributed by atoms with Crippen LogP contribution >= 0.6 is 11.6 Å². The van der Waals surface area contributed by atoms with Crippen LogP contribution in [-0.2, 0) is 4.79 Å². The first-order valence-corrected chi connectivity index (χ1v) is 7.33. The quantitative estimate of drug-likeness (QED) is 0.927. The highest BCUT2D eigenvalue weighted by molar-refractivity contribution is 6.30. The number of ether oxygens (including phenoxy) is 1. The Bertz CT molecular complexity index is 442. The summed E-state index contributed by atoms with van der Waals surface area (Å²) in [7, 11) is 2.10. The molecule has 110 valence electrons. The predicted molar refractivity (Wildman–Crippen MR) is 80.2 cm³/mol. The molecule has 0 aliphatic carbocycles. The molecule has 0 saturated carbocycles. The average Bonchev–Trinajstić information content (AvgIpc) is 2.44. The first-order chi connectivity index (χ1) is 9.54. The fourth-order valence-corrected chi connectivity index (χ4v) is 2.37. The molecular formula is C15H21ClN2O2. The second-order valence-corrected chi connectivity index (χ2v) is 5.74. The summed E-state index contributed by atoms with van der Waals surface area (Å²) in [6.07, 6.45) is 1.49. The number of hydrogen-bond acceptors (Lipinski definition) is 3.